The van der Waals surface area contributed by atoms with Crippen molar-refractivity contribution in [2.75, 3.05) is 62.5 Å². The predicted molar refractivity (Wildman–Crippen MR) is 309 cm³/mol. The second-order valence-corrected chi connectivity index (χ2v) is 20.3. The molecule has 3 amide bonds. The van der Waals surface area contributed by atoms with Crippen LogP contribution in [-0.4, -0.2) is 128 Å². The van der Waals surface area contributed by atoms with Crippen LogP contribution in [-0.2, 0) is 9.59 Å². The number of carbonyl (C=O) groups is 4. The molecule has 2 aromatic carbocycles. The summed E-state index contributed by atoms with van der Waals surface area (Å²) in [4.78, 5) is 68.8. The summed E-state index contributed by atoms with van der Waals surface area (Å²) in [5.74, 6) is 1.80. The molecule has 2 aliphatic carbocycles. The zero-order valence-electron chi connectivity index (χ0n) is 44.7. The van der Waals surface area contributed by atoms with E-state index >= 15 is 0 Å². The first-order valence-corrected chi connectivity index (χ1v) is 26.0. The van der Waals surface area contributed by atoms with Gasteiger partial charge in [0, 0.05) is 71.9 Å². The molecule has 4 heterocycles. The number of anilines is 4. The first-order chi connectivity index (χ1) is 36.7. The van der Waals surface area contributed by atoms with Gasteiger partial charge in [0.2, 0.25) is 23.7 Å². The van der Waals surface area contributed by atoms with Crippen LogP contribution in [0.5, 0.6) is 0 Å². The van der Waals surface area contributed by atoms with E-state index in [4.69, 9.17) is 49.6 Å². The van der Waals surface area contributed by atoms with Gasteiger partial charge in [-0.25, -0.2) is 19.9 Å². The van der Waals surface area contributed by atoms with E-state index in [2.05, 4.69) is 56.8 Å². The molecule has 2 aliphatic rings. The molecule has 8 rings (SSSR count). The summed E-state index contributed by atoms with van der Waals surface area (Å²) in [7, 11) is 7.70. The van der Waals surface area contributed by atoms with Crippen molar-refractivity contribution in [3.63, 3.8) is 0 Å². The monoisotopic (exact) mass is 1150 g/mol. The lowest BCUT2D eigenvalue weighted by Crippen LogP contribution is -2.34. The standard InChI is InChI=1S/C27H32ClN7O3.C14H18ClN5O.C13H15ClN2O2.ClH/c1-16-24(17(2)38-34-16)25-22(28)15-29-27(33-25)32-21-12-11-20(14-21)31-26(37)18-7-9-19(10-8-18)30-23(36)6-5-13-35(3)4;1-7-12(8(2)21-20-7)13-11(15)6-17-14(19-13)18-10-4-3-9(16)5-10;1-16(2)9-3-4-12(17)15-11-7-5-10(6-8-11)13(14)18;/h5-10,15,20-21H,11-14H2,1-4H3,(H,30,36)(H,31,37)(H,29,32,33);6,9-10H,3-5,16H2,1-2H3,(H,17,18,19);3-8H,9H2,1-2H3,(H,15,17);1H/b6-5+;;4-3+;/t20-,21+;9-,10+;;/m11../s1. The highest BCUT2D eigenvalue weighted by atomic mass is 35.5. The Morgan fingerprint density at radius 2 is 1.06 bits per heavy atom. The lowest BCUT2D eigenvalue weighted by molar-refractivity contribution is -0.112. The summed E-state index contributed by atoms with van der Waals surface area (Å²) in [5, 5.41) is 23.6. The number of likely N-dealkylation sites (N-methyl/N-ethyl adjacent to an activating group) is 2. The molecule has 2 fully saturated rings. The number of hydrogen-bond acceptors (Lipinski definition) is 17. The van der Waals surface area contributed by atoms with Crippen molar-refractivity contribution in [3.05, 3.63) is 129 Å². The summed E-state index contributed by atoms with van der Waals surface area (Å²) < 4.78 is 10.4. The third-order valence-corrected chi connectivity index (χ3v) is 13.0. The molecule has 4 aromatic heterocycles. The summed E-state index contributed by atoms with van der Waals surface area (Å²) in [6, 6.07) is 14.0. The Hall–Kier alpha value is -6.78. The van der Waals surface area contributed by atoms with Gasteiger partial charge in [0.05, 0.1) is 56.3 Å². The molecular weight excluding hydrogens is 1080 g/mol. The second kappa shape index (κ2) is 29.8. The molecule has 78 heavy (non-hydrogen) atoms. The van der Waals surface area contributed by atoms with Gasteiger partial charge in [-0.05, 0) is 155 Å². The van der Waals surface area contributed by atoms with Gasteiger partial charge in [-0.2, -0.15) is 0 Å². The number of benzene rings is 2. The summed E-state index contributed by atoms with van der Waals surface area (Å²) in [6.45, 7) is 8.76. The van der Waals surface area contributed by atoms with Gasteiger partial charge in [-0.1, -0.05) is 45.7 Å². The number of nitrogens with one attached hydrogen (secondary N) is 5. The van der Waals surface area contributed by atoms with Gasteiger partial charge in [-0.3, -0.25) is 19.2 Å². The average molecular weight is 1150 g/mol. The van der Waals surface area contributed by atoms with Crippen LogP contribution in [0.15, 0.2) is 94.3 Å². The molecule has 4 atom stereocenters. The number of halogens is 4. The van der Waals surface area contributed by atoms with Crippen LogP contribution in [0.2, 0.25) is 10.0 Å². The van der Waals surface area contributed by atoms with Crippen LogP contribution in [0.3, 0.4) is 0 Å². The Morgan fingerprint density at radius 1 is 0.641 bits per heavy atom. The first-order valence-electron chi connectivity index (χ1n) is 24.9. The molecule has 7 N–H and O–H groups in total. The maximum atomic E-state index is 12.8. The number of nitrogens with zero attached hydrogens (tertiary/aromatic N) is 8. The van der Waals surface area contributed by atoms with E-state index in [9.17, 15) is 19.2 Å². The minimum atomic E-state index is -0.515. The third kappa shape index (κ3) is 18.7. The van der Waals surface area contributed by atoms with Crippen molar-refractivity contribution < 1.29 is 28.2 Å². The van der Waals surface area contributed by atoms with Crippen LogP contribution in [0.1, 0.15) is 82.1 Å². The fraction of sp³-hybridized carbons (Fsp3) is 0.370. The Balaban J connectivity index is 0.000000236. The van der Waals surface area contributed by atoms with Crippen molar-refractivity contribution >= 4 is 93.4 Å². The highest BCUT2D eigenvalue weighted by Crippen LogP contribution is 2.34. The smallest absolute Gasteiger partial charge is 0.252 e. The third-order valence-electron chi connectivity index (χ3n) is 12.2. The molecule has 0 radical (unpaired) electrons. The van der Waals surface area contributed by atoms with Gasteiger partial charge < -0.3 is 51.2 Å². The Morgan fingerprint density at radius 3 is 1.46 bits per heavy atom. The number of amides is 3. The van der Waals surface area contributed by atoms with E-state index in [1.54, 1.807) is 73.1 Å². The Kier molecular flexibility index (Phi) is 23.7. The van der Waals surface area contributed by atoms with Crippen LogP contribution in [0, 0.1) is 27.7 Å². The number of rotatable bonds is 17. The molecule has 24 heteroatoms. The Bertz CT molecular complexity index is 3000. The maximum Gasteiger partial charge on any atom is 0.252 e. The highest BCUT2D eigenvalue weighted by molar-refractivity contribution is 6.67. The van der Waals surface area contributed by atoms with Crippen LogP contribution in [0.25, 0.3) is 22.5 Å². The molecular formula is C54H66Cl4N14O6. The fourth-order valence-electron chi connectivity index (χ4n) is 8.39. The molecule has 2 saturated carbocycles. The average Bonchev–Trinajstić information content (AvgIpc) is 4.19. The van der Waals surface area contributed by atoms with E-state index < -0.39 is 5.24 Å². The molecule has 20 nitrogen and oxygen atoms in total. The molecule has 0 bridgehead atoms. The minimum absolute atomic E-state index is 0. The number of hydrogen-bond donors (Lipinski definition) is 6. The van der Waals surface area contributed by atoms with Crippen molar-refractivity contribution in [1.82, 2.24) is 45.4 Å². The van der Waals surface area contributed by atoms with E-state index in [1.165, 1.54) is 12.2 Å². The molecule has 0 saturated heterocycles. The van der Waals surface area contributed by atoms with E-state index in [0.717, 1.165) is 55.3 Å². The number of carbonyl (C=O) groups excluding carboxylic acids is 4. The van der Waals surface area contributed by atoms with Gasteiger partial charge in [-0.15, -0.1) is 12.4 Å². The zero-order valence-corrected chi connectivity index (χ0v) is 47.8. The highest BCUT2D eigenvalue weighted by Gasteiger charge is 2.28. The summed E-state index contributed by atoms with van der Waals surface area (Å²) in [6.07, 6.45) is 15.1. The predicted octanol–water partition coefficient (Wildman–Crippen LogP) is 9.46. The SMILES string of the molecule is CN(C)C/C=C/C(=O)Nc1ccc(C(=O)Cl)cc1.Cc1noc(C)c1-c1nc(N[C@H]2CC[C@@H](N)C2)ncc1Cl.Cc1noc(C)c1-c1nc(N[C@H]2CC[C@@H](NC(=O)c3ccc(NC(=O)/C=C/CN(C)C)cc3)C2)ncc1Cl.Cl. The summed E-state index contributed by atoms with van der Waals surface area (Å²) >= 11 is 17.9. The zero-order chi connectivity index (χ0) is 55.8. The summed E-state index contributed by atoms with van der Waals surface area (Å²) in [5.41, 5.74) is 12.4. The minimum Gasteiger partial charge on any atom is -0.361 e. The number of nitrogens with two attached hydrogens (primary N) is 1. The van der Waals surface area contributed by atoms with E-state index in [1.807, 2.05) is 65.7 Å². The number of aryl methyl sites for hydroxylation is 4. The van der Waals surface area contributed by atoms with Gasteiger partial charge in [0.15, 0.2) is 0 Å². The fourth-order valence-corrected chi connectivity index (χ4v) is 8.89. The molecule has 0 unspecified atom stereocenters. The first kappa shape index (κ1) is 62.1. The van der Waals surface area contributed by atoms with Crippen LogP contribution < -0.4 is 32.3 Å². The lowest BCUT2D eigenvalue weighted by atomic mass is 10.1. The van der Waals surface area contributed by atoms with Crippen LogP contribution >= 0.6 is 47.2 Å². The van der Waals surface area contributed by atoms with Crippen molar-refractivity contribution in [1.29, 1.82) is 0 Å². The van der Waals surface area contributed by atoms with Gasteiger partial charge in [0.1, 0.15) is 11.5 Å². The molecule has 0 spiro atoms. The number of aromatic nitrogens is 6. The van der Waals surface area contributed by atoms with Crippen LogP contribution in [0.4, 0.5) is 23.3 Å². The molecule has 0 aliphatic heterocycles. The van der Waals surface area contributed by atoms with Gasteiger partial charge >= 0.3 is 0 Å². The van der Waals surface area contributed by atoms with Crippen molar-refractivity contribution in [2.45, 2.75) is 90.4 Å². The van der Waals surface area contributed by atoms with Crippen molar-refractivity contribution in [3.8, 4) is 22.5 Å². The van der Waals surface area contributed by atoms with Gasteiger partial charge in [0.25, 0.3) is 11.1 Å². The quantitative estimate of drug-likeness (QED) is 0.0367. The lowest BCUT2D eigenvalue weighted by Gasteiger charge is -2.15. The van der Waals surface area contributed by atoms with E-state index in [-0.39, 0.29) is 48.3 Å². The molecule has 416 valence electrons. The largest absolute Gasteiger partial charge is 0.361 e. The Labute approximate surface area is 475 Å². The van der Waals surface area contributed by atoms with Crippen molar-refractivity contribution in [2.24, 2.45) is 5.73 Å². The van der Waals surface area contributed by atoms with E-state index in [0.29, 0.717) is 92.2 Å². The maximum absolute atomic E-state index is 12.8. The second-order valence-electron chi connectivity index (χ2n) is 19.2. The normalized spacial score (nSPS) is 16.7. The topological polar surface area (TPSA) is 265 Å². The molecule has 6 aromatic rings.